The number of benzene rings is 1. The quantitative estimate of drug-likeness (QED) is 0.863. The lowest BCUT2D eigenvalue weighted by atomic mass is 10.0. The summed E-state index contributed by atoms with van der Waals surface area (Å²) >= 11 is 3.68. The molecule has 1 N–H and O–H groups in total. The topological polar surface area (TPSA) is 12.0 Å². The molecular weight excluding hydrogens is 262 g/mol. The van der Waals surface area contributed by atoms with Gasteiger partial charge in [-0.1, -0.05) is 41.9 Å². The maximum atomic E-state index is 3.80. The van der Waals surface area contributed by atoms with Gasteiger partial charge in [-0.25, -0.2) is 0 Å². The largest absolute Gasteiger partial charge is 0.307 e. The number of nitrogens with one attached hydrogen (secondary N) is 1. The predicted molar refractivity (Wildman–Crippen MR) is 70.6 cm³/mol. The van der Waals surface area contributed by atoms with Gasteiger partial charge in [-0.3, -0.25) is 0 Å². The second kappa shape index (κ2) is 3.85. The van der Waals surface area contributed by atoms with Crippen LogP contribution in [0.4, 0.5) is 0 Å². The van der Waals surface area contributed by atoms with E-state index in [0.29, 0.717) is 12.0 Å². The fourth-order valence-electron chi connectivity index (χ4n) is 2.95. The van der Waals surface area contributed by atoms with E-state index >= 15 is 0 Å². The van der Waals surface area contributed by atoms with Crippen molar-refractivity contribution in [3.8, 4) is 0 Å². The Morgan fingerprint density at radius 1 is 1.25 bits per heavy atom. The Morgan fingerprint density at radius 3 is 2.69 bits per heavy atom. The summed E-state index contributed by atoms with van der Waals surface area (Å²) in [5.41, 5.74) is 3.04. The molecule has 16 heavy (non-hydrogen) atoms. The van der Waals surface area contributed by atoms with Crippen molar-refractivity contribution in [2.24, 2.45) is 5.92 Å². The molecule has 1 aromatic carbocycles. The van der Waals surface area contributed by atoms with Crippen LogP contribution in [0.15, 0.2) is 22.7 Å². The van der Waals surface area contributed by atoms with E-state index in [1.165, 1.54) is 28.4 Å². The van der Waals surface area contributed by atoms with Crippen molar-refractivity contribution >= 4 is 15.9 Å². The van der Waals surface area contributed by atoms with Gasteiger partial charge >= 0.3 is 0 Å². The first-order valence-electron chi connectivity index (χ1n) is 6.21. The number of fused-ring (bicyclic) bond motifs is 1. The molecule has 0 saturated heterocycles. The SMILES string of the molecule is CC1CC(NC2CC2C)c2cccc(Br)c21. The van der Waals surface area contributed by atoms with E-state index in [2.05, 4.69) is 53.3 Å². The van der Waals surface area contributed by atoms with Crippen molar-refractivity contribution in [3.63, 3.8) is 0 Å². The molecule has 1 saturated carbocycles. The second-order valence-corrected chi connectivity index (χ2v) is 6.27. The van der Waals surface area contributed by atoms with Gasteiger partial charge in [-0.2, -0.15) is 0 Å². The molecule has 0 heterocycles. The Morgan fingerprint density at radius 2 is 2.00 bits per heavy atom. The summed E-state index contributed by atoms with van der Waals surface area (Å²) in [6.07, 6.45) is 2.61. The third-order valence-electron chi connectivity index (χ3n) is 4.07. The smallest absolute Gasteiger partial charge is 0.0331 e. The molecule has 1 aromatic rings. The minimum Gasteiger partial charge on any atom is -0.307 e. The van der Waals surface area contributed by atoms with E-state index in [-0.39, 0.29) is 0 Å². The van der Waals surface area contributed by atoms with Gasteiger partial charge in [0.05, 0.1) is 0 Å². The Bertz CT molecular complexity index is 415. The van der Waals surface area contributed by atoms with Gasteiger partial charge in [0.15, 0.2) is 0 Å². The van der Waals surface area contributed by atoms with Gasteiger partial charge in [-0.05, 0) is 41.9 Å². The van der Waals surface area contributed by atoms with E-state index in [4.69, 9.17) is 0 Å². The fourth-order valence-corrected chi connectivity index (χ4v) is 3.72. The minimum absolute atomic E-state index is 0.581. The molecule has 1 nitrogen and oxygen atoms in total. The molecule has 0 bridgehead atoms. The zero-order chi connectivity index (χ0) is 11.3. The number of rotatable bonds is 2. The first-order chi connectivity index (χ1) is 7.66. The van der Waals surface area contributed by atoms with Crippen molar-refractivity contribution in [1.29, 1.82) is 0 Å². The first-order valence-corrected chi connectivity index (χ1v) is 7.00. The molecule has 4 unspecified atom stereocenters. The molecule has 2 aliphatic rings. The normalized spacial score (nSPS) is 36.2. The Balaban J connectivity index is 1.87. The monoisotopic (exact) mass is 279 g/mol. The highest BCUT2D eigenvalue weighted by molar-refractivity contribution is 9.10. The third kappa shape index (κ3) is 1.72. The van der Waals surface area contributed by atoms with Crippen molar-refractivity contribution in [2.75, 3.05) is 0 Å². The predicted octanol–water partition coefficient (Wildman–Crippen LogP) is 4.00. The van der Waals surface area contributed by atoms with Crippen LogP contribution < -0.4 is 5.32 Å². The lowest BCUT2D eigenvalue weighted by Crippen LogP contribution is -2.22. The highest BCUT2D eigenvalue weighted by Crippen LogP contribution is 2.45. The second-order valence-electron chi connectivity index (χ2n) is 5.42. The standard InChI is InChI=1S/C14H18BrN/c1-8-6-12(8)16-13-7-9(2)14-10(13)4-3-5-11(14)15/h3-5,8-9,12-13,16H,6-7H2,1-2H3. The van der Waals surface area contributed by atoms with E-state index < -0.39 is 0 Å². The van der Waals surface area contributed by atoms with Crippen LogP contribution in [0.5, 0.6) is 0 Å². The molecule has 0 amide bonds. The summed E-state index contributed by atoms with van der Waals surface area (Å²) in [5, 5.41) is 3.80. The summed E-state index contributed by atoms with van der Waals surface area (Å²) in [5.74, 6) is 1.56. The Labute approximate surface area is 106 Å². The average Bonchev–Trinajstić information content (AvgIpc) is 2.82. The van der Waals surface area contributed by atoms with Crippen molar-refractivity contribution < 1.29 is 0 Å². The van der Waals surface area contributed by atoms with Gasteiger partial charge in [-0.15, -0.1) is 0 Å². The Hall–Kier alpha value is -0.340. The van der Waals surface area contributed by atoms with Crippen LogP contribution >= 0.6 is 15.9 Å². The first kappa shape index (κ1) is 10.8. The third-order valence-corrected chi connectivity index (χ3v) is 4.76. The van der Waals surface area contributed by atoms with Gasteiger partial charge < -0.3 is 5.32 Å². The molecule has 0 radical (unpaired) electrons. The minimum atomic E-state index is 0.581. The zero-order valence-electron chi connectivity index (χ0n) is 9.83. The summed E-state index contributed by atoms with van der Waals surface area (Å²) < 4.78 is 1.28. The van der Waals surface area contributed by atoms with E-state index in [9.17, 15) is 0 Å². The maximum absolute atomic E-state index is 3.80. The molecule has 2 heteroatoms. The molecular formula is C14H18BrN. The van der Waals surface area contributed by atoms with Crippen LogP contribution in [-0.4, -0.2) is 6.04 Å². The van der Waals surface area contributed by atoms with Gasteiger partial charge in [0.25, 0.3) is 0 Å². The van der Waals surface area contributed by atoms with Crippen LogP contribution in [0.3, 0.4) is 0 Å². The summed E-state index contributed by atoms with van der Waals surface area (Å²) in [4.78, 5) is 0. The molecule has 0 aromatic heterocycles. The molecule has 4 atom stereocenters. The van der Waals surface area contributed by atoms with Crippen molar-refractivity contribution in [1.82, 2.24) is 5.32 Å². The van der Waals surface area contributed by atoms with Crippen LogP contribution in [0.25, 0.3) is 0 Å². The summed E-state index contributed by atoms with van der Waals surface area (Å²) in [6, 6.07) is 7.96. The molecule has 0 spiro atoms. The van der Waals surface area contributed by atoms with Gasteiger partial charge in [0, 0.05) is 16.6 Å². The highest BCUT2D eigenvalue weighted by atomic mass is 79.9. The van der Waals surface area contributed by atoms with Crippen molar-refractivity contribution in [3.05, 3.63) is 33.8 Å². The van der Waals surface area contributed by atoms with Crippen LogP contribution in [0, 0.1) is 5.92 Å². The van der Waals surface area contributed by atoms with Crippen LogP contribution in [0.1, 0.15) is 49.8 Å². The summed E-state index contributed by atoms with van der Waals surface area (Å²) in [7, 11) is 0. The lowest BCUT2D eigenvalue weighted by molar-refractivity contribution is 0.491. The maximum Gasteiger partial charge on any atom is 0.0331 e. The van der Waals surface area contributed by atoms with E-state index in [1.807, 2.05) is 0 Å². The molecule has 2 aliphatic carbocycles. The van der Waals surface area contributed by atoms with Crippen LogP contribution in [-0.2, 0) is 0 Å². The number of halogens is 1. The summed E-state index contributed by atoms with van der Waals surface area (Å²) in [6.45, 7) is 4.67. The fraction of sp³-hybridized carbons (Fsp3) is 0.571. The zero-order valence-corrected chi connectivity index (χ0v) is 11.4. The van der Waals surface area contributed by atoms with E-state index in [0.717, 1.165) is 12.0 Å². The van der Waals surface area contributed by atoms with Gasteiger partial charge in [0.1, 0.15) is 0 Å². The molecule has 1 fully saturated rings. The van der Waals surface area contributed by atoms with Crippen molar-refractivity contribution in [2.45, 2.75) is 44.7 Å². The van der Waals surface area contributed by atoms with Crippen LogP contribution in [0.2, 0.25) is 0 Å². The lowest BCUT2D eigenvalue weighted by Gasteiger charge is -2.13. The number of hydrogen-bond acceptors (Lipinski definition) is 1. The number of hydrogen-bond donors (Lipinski definition) is 1. The van der Waals surface area contributed by atoms with Gasteiger partial charge in [0.2, 0.25) is 0 Å². The molecule has 86 valence electrons. The van der Waals surface area contributed by atoms with E-state index in [1.54, 1.807) is 0 Å². The molecule has 0 aliphatic heterocycles. The highest BCUT2D eigenvalue weighted by Gasteiger charge is 2.38. The Kier molecular flexibility index (Phi) is 2.60. The molecule has 3 rings (SSSR count). The average molecular weight is 280 g/mol.